The first kappa shape index (κ1) is 19.1. The van der Waals surface area contributed by atoms with Crippen molar-refractivity contribution >= 4 is 58.3 Å². The van der Waals surface area contributed by atoms with Crippen molar-refractivity contribution in [2.75, 3.05) is 30.4 Å². The van der Waals surface area contributed by atoms with Crippen LogP contribution in [0.1, 0.15) is 6.92 Å². The van der Waals surface area contributed by atoms with Gasteiger partial charge in [0.05, 0.1) is 13.2 Å². The van der Waals surface area contributed by atoms with E-state index in [1.54, 1.807) is 0 Å². The Morgan fingerprint density at radius 2 is 1.33 bits per heavy atom. The topological polar surface area (TPSA) is 111 Å². The van der Waals surface area contributed by atoms with E-state index in [1.807, 2.05) is 6.92 Å². The SMILES string of the molecule is CC(COCCNc1nc(Cl)nc(Cl)n1)Nc1nc(Cl)nc(Cl)n1. The Hall–Kier alpha value is -1.26. The van der Waals surface area contributed by atoms with Crippen LogP contribution in [0.2, 0.25) is 21.1 Å². The van der Waals surface area contributed by atoms with Crippen molar-refractivity contribution in [2.45, 2.75) is 13.0 Å². The summed E-state index contributed by atoms with van der Waals surface area (Å²) in [6.07, 6.45) is 0. The van der Waals surface area contributed by atoms with E-state index in [9.17, 15) is 0 Å². The van der Waals surface area contributed by atoms with E-state index in [0.29, 0.717) is 19.8 Å². The third-order valence-corrected chi connectivity index (χ3v) is 3.11. The lowest BCUT2D eigenvalue weighted by atomic mass is 10.4. The molecule has 2 aromatic rings. The number of rotatable bonds is 8. The molecule has 2 N–H and O–H groups in total. The lowest BCUT2D eigenvalue weighted by Gasteiger charge is -2.14. The van der Waals surface area contributed by atoms with Gasteiger partial charge in [-0.25, -0.2) is 0 Å². The van der Waals surface area contributed by atoms with Gasteiger partial charge in [0, 0.05) is 12.6 Å². The Morgan fingerprint density at radius 1 is 0.833 bits per heavy atom. The first-order valence-electron chi connectivity index (χ1n) is 6.64. The van der Waals surface area contributed by atoms with Crippen LogP contribution in [0.3, 0.4) is 0 Å². The molecule has 1 unspecified atom stereocenters. The Morgan fingerprint density at radius 3 is 1.88 bits per heavy atom. The monoisotopic (exact) mass is 412 g/mol. The van der Waals surface area contributed by atoms with Crippen molar-refractivity contribution in [2.24, 2.45) is 0 Å². The zero-order chi connectivity index (χ0) is 17.5. The maximum absolute atomic E-state index is 5.70. The summed E-state index contributed by atoms with van der Waals surface area (Å²) >= 11 is 22.7. The van der Waals surface area contributed by atoms with Gasteiger partial charge < -0.3 is 15.4 Å². The molecule has 0 bridgehead atoms. The number of aromatic nitrogens is 6. The van der Waals surface area contributed by atoms with Gasteiger partial charge in [-0.05, 0) is 53.3 Å². The summed E-state index contributed by atoms with van der Waals surface area (Å²) in [5.41, 5.74) is 0. The van der Waals surface area contributed by atoms with Gasteiger partial charge in [0.15, 0.2) is 0 Å². The van der Waals surface area contributed by atoms with E-state index in [-0.39, 0.29) is 39.1 Å². The normalized spacial score (nSPS) is 12.0. The third-order valence-electron chi connectivity index (χ3n) is 2.43. The predicted molar refractivity (Wildman–Crippen MR) is 92.1 cm³/mol. The van der Waals surface area contributed by atoms with Crippen LogP contribution in [0, 0.1) is 0 Å². The van der Waals surface area contributed by atoms with Gasteiger partial charge in [-0.15, -0.1) is 0 Å². The van der Waals surface area contributed by atoms with Crippen molar-refractivity contribution < 1.29 is 4.74 Å². The minimum atomic E-state index is -0.0689. The maximum Gasteiger partial charge on any atom is 0.228 e. The van der Waals surface area contributed by atoms with E-state index >= 15 is 0 Å². The number of nitrogens with zero attached hydrogens (tertiary/aromatic N) is 6. The third kappa shape index (κ3) is 6.70. The Bertz CT molecular complexity index is 651. The molecular formula is C11H12Cl4N8O. The molecule has 0 fully saturated rings. The molecule has 2 aromatic heterocycles. The van der Waals surface area contributed by atoms with Crippen molar-refractivity contribution in [1.29, 1.82) is 0 Å². The first-order chi connectivity index (χ1) is 11.4. The van der Waals surface area contributed by atoms with Gasteiger partial charge in [0.1, 0.15) is 0 Å². The minimum Gasteiger partial charge on any atom is -0.378 e. The Kier molecular flexibility index (Phi) is 7.38. The molecular weight excluding hydrogens is 402 g/mol. The number of hydrogen-bond acceptors (Lipinski definition) is 9. The highest BCUT2D eigenvalue weighted by Crippen LogP contribution is 2.11. The van der Waals surface area contributed by atoms with E-state index in [2.05, 4.69) is 40.5 Å². The van der Waals surface area contributed by atoms with Crippen molar-refractivity contribution in [1.82, 2.24) is 29.9 Å². The summed E-state index contributed by atoms with van der Waals surface area (Å²) < 4.78 is 5.51. The molecule has 1 atom stereocenters. The lowest BCUT2D eigenvalue weighted by Crippen LogP contribution is -2.25. The average Bonchev–Trinajstić information content (AvgIpc) is 2.44. The molecule has 13 heteroatoms. The molecule has 130 valence electrons. The van der Waals surface area contributed by atoms with Gasteiger partial charge in [-0.2, -0.15) is 29.9 Å². The number of ether oxygens (including phenoxy) is 1. The fourth-order valence-electron chi connectivity index (χ4n) is 1.55. The van der Waals surface area contributed by atoms with Crippen LogP contribution >= 0.6 is 46.4 Å². The van der Waals surface area contributed by atoms with Crippen LogP contribution in [-0.2, 0) is 4.74 Å². The molecule has 0 amide bonds. The number of halogens is 4. The van der Waals surface area contributed by atoms with E-state index in [0.717, 1.165) is 0 Å². The smallest absolute Gasteiger partial charge is 0.228 e. The van der Waals surface area contributed by atoms with Crippen LogP contribution in [0.4, 0.5) is 11.9 Å². The molecule has 0 saturated heterocycles. The number of hydrogen-bond donors (Lipinski definition) is 2. The quantitative estimate of drug-likeness (QED) is 0.630. The minimum absolute atomic E-state index is 0.0180. The van der Waals surface area contributed by atoms with Gasteiger partial charge in [0.25, 0.3) is 0 Å². The summed E-state index contributed by atoms with van der Waals surface area (Å²) in [5, 5.41) is 6.00. The molecule has 0 radical (unpaired) electrons. The molecule has 9 nitrogen and oxygen atoms in total. The fourth-order valence-corrected chi connectivity index (χ4v) is 2.28. The van der Waals surface area contributed by atoms with Gasteiger partial charge >= 0.3 is 0 Å². The zero-order valence-electron chi connectivity index (χ0n) is 12.3. The highest BCUT2D eigenvalue weighted by atomic mass is 35.5. The number of nitrogens with one attached hydrogen (secondary N) is 2. The van der Waals surface area contributed by atoms with Crippen LogP contribution in [0.15, 0.2) is 0 Å². The maximum atomic E-state index is 5.70. The molecule has 0 aliphatic carbocycles. The van der Waals surface area contributed by atoms with E-state index in [4.69, 9.17) is 51.1 Å². The van der Waals surface area contributed by atoms with Gasteiger partial charge in [-0.3, -0.25) is 0 Å². The summed E-state index contributed by atoms with van der Waals surface area (Å²) in [4.78, 5) is 22.9. The molecule has 2 rings (SSSR count). The summed E-state index contributed by atoms with van der Waals surface area (Å²) in [5.74, 6) is 0.563. The zero-order valence-corrected chi connectivity index (χ0v) is 15.3. The van der Waals surface area contributed by atoms with Crippen molar-refractivity contribution in [3.8, 4) is 0 Å². The summed E-state index contributed by atoms with van der Waals surface area (Å²) in [6, 6.07) is -0.0689. The van der Waals surface area contributed by atoms with E-state index in [1.165, 1.54) is 0 Å². The molecule has 0 spiro atoms. The predicted octanol–water partition coefficient (Wildman–Crippen LogP) is 2.60. The second kappa shape index (κ2) is 9.28. The van der Waals surface area contributed by atoms with Crippen LogP contribution < -0.4 is 10.6 Å². The average molecular weight is 414 g/mol. The van der Waals surface area contributed by atoms with Crippen LogP contribution in [0.5, 0.6) is 0 Å². The molecule has 0 aromatic carbocycles. The summed E-state index contributed by atoms with van der Waals surface area (Å²) in [7, 11) is 0. The Balaban J connectivity index is 1.68. The van der Waals surface area contributed by atoms with Crippen molar-refractivity contribution in [3.63, 3.8) is 0 Å². The standard InChI is InChI=1S/C11H12Cl4N8O/c1-5(17-11-22-8(14)19-9(15)23-11)4-24-3-2-16-10-20-6(12)18-7(13)21-10/h5H,2-4H2,1H3,(H,16,18,20,21)(H,17,19,22,23). The lowest BCUT2D eigenvalue weighted by molar-refractivity contribution is 0.137. The van der Waals surface area contributed by atoms with Crippen LogP contribution in [0.25, 0.3) is 0 Å². The summed E-state index contributed by atoms with van der Waals surface area (Å²) in [6.45, 7) is 3.17. The van der Waals surface area contributed by atoms with Gasteiger partial charge in [0.2, 0.25) is 33.0 Å². The first-order valence-corrected chi connectivity index (χ1v) is 8.16. The highest BCUT2D eigenvalue weighted by Gasteiger charge is 2.08. The van der Waals surface area contributed by atoms with Gasteiger partial charge in [-0.1, -0.05) is 0 Å². The molecule has 0 aliphatic rings. The van der Waals surface area contributed by atoms with Crippen LogP contribution in [-0.4, -0.2) is 55.7 Å². The number of anilines is 2. The Labute approximate surface area is 157 Å². The fraction of sp³-hybridized carbons (Fsp3) is 0.455. The second-order valence-electron chi connectivity index (χ2n) is 4.44. The molecule has 24 heavy (non-hydrogen) atoms. The highest BCUT2D eigenvalue weighted by molar-refractivity contribution is 6.31. The molecule has 0 aliphatic heterocycles. The largest absolute Gasteiger partial charge is 0.378 e. The van der Waals surface area contributed by atoms with E-state index < -0.39 is 0 Å². The second-order valence-corrected chi connectivity index (χ2v) is 5.79. The molecule has 0 saturated carbocycles. The molecule has 2 heterocycles. The van der Waals surface area contributed by atoms with Crippen molar-refractivity contribution in [3.05, 3.63) is 21.1 Å².